The Bertz CT molecular complexity index is 972. The summed E-state index contributed by atoms with van der Waals surface area (Å²) in [4.78, 5) is 25.7. The maximum absolute atomic E-state index is 13.1. The summed E-state index contributed by atoms with van der Waals surface area (Å²) >= 11 is 0. The first kappa shape index (κ1) is 15.4. The zero-order valence-electron chi connectivity index (χ0n) is 14.3. The Morgan fingerprint density at radius 2 is 2.04 bits per heavy atom. The molecule has 2 fully saturated rings. The number of benzene rings is 2. The number of hydrogen-bond acceptors (Lipinski definition) is 4. The third kappa shape index (κ3) is 1.74. The molecule has 6 heteroatoms. The van der Waals surface area contributed by atoms with Crippen LogP contribution >= 0.6 is 0 Å². The van der Waals surface area contributed by atoms with E-state index in [4.69, 9.17) is 0 Å². The molecule has 26 heavy (non-hydrogen) atoms. The first-order valence-electron chi connectivity index (χ1n) is 8.80. The summed E-state index contributed by atoms with van der Waals surface area (Å²) in [5, 5.41) is 21.1. The lowest BCUT2D eigenvalue weighted by atomic mass is 9.43. The number of carbonyl (C=O) groups excluding carboxylic acids is 1. The van der Waals surface area contributed by atoms with E-state index in [0.29, 0.717) is 5.92 Å². The van der Waals surface area contributed by atoms with E-state index in [2.05, 4.69) is 6.92 Å². The normalized spacial score (nSPS) is 30.5. The van der Waals surface area contributed by atoms with Gasteiger partial charge in [0.1, 0.15) is 11.3 Å². The maximum atomic E-state index is 13.1. The number of phenolic OH excluding ortho intramolecular Hbond substituents is 1. The summed E-state index contributed by atoms with van der Waals surface area (Å²) in [5.74, 6) is 0.399. The Hall–Kier alpha value is -2.89. The van der Waals surface area contributed by atoms with Gasteiger partial charge in [-0.3, -0.25) is 14.9 Å². The van der Waals surface area contributed by atoms with Crippen molar-refractivity contribution in [3.05, 3.63) is 69.3 Å². The van der Waals surface area contributed by atoms with E-state index in [9.17, 15) is 20.0 Å². The fraction of sp³-hybridized carbons (Fsp3) is 0.350. The van der Waals surface area contributed by atoms with Crippen LogP contribution in [0.4, 0.5) is 5.69 Å². The molecule has 3 aliphatic rings. The fourth-order valence-electron chi connectivity index (χ4n) is 5.50. The molecular formula is C20H18N2O4. The van der Waals surface area contributed by atoms with Gasteiger partial charge in [0.2, 0.25) is 0 Å². The molecule has 132 valence electrons. The van der Waals surface area contributed by atoms with Crippen LogP contribution in [0.3, 0.4) is 0 Å². The number of carbonyl (C=O) groups is 1. The minimum absolute atomic E-state index is 0.0267. The Morgan fingerprint density at radius 1 is 1.27 bits per heavy atom. The largest absolute Gasteiger partial charge is 0.508 e. The van der Waals surface area contributed by atoms with Crippen molar-refractivity contribution >= 4 is 11.6 Å². The van der Waals surface area contributed by atoms with Crippen molar-refractivity contribution in [2.75, 3.05) is 0 Å². The van der Waals surface area contributed by atoms with Gasteiger partial charge in [0.25, 0.3) is 11.6 Å². The van der Waals surface area contributed by atoms with Crippen LogP contribution in [-0.2, 0) is 11.8 Å². The van der Waals surface area contributed by atoms with Gasteiger partial charge in [-0.25, -0.2) is 0 Å². The van der Waals surface area contributed by atoms with E-state index >= 15 is 0 Å². The van der Waals surface area contributed by atoms with E-state index in [1.807, 2.05) is 17.0 Å². The number of amides is 1. The molecule has 2 aliphatic carbocycles. The average Bonchev–Trinajstić information content (AvgIpc) is 2.59. The molecule has 0 radical (unpaired) electrons. The molecule has 1 heterocycles. The topological polar surface area (TPSA) is 83.7 Å². The predicted molar refractivity (Wildman–Crippen MR) is 94.1 cm³/mol. The summed E-state index contributed by atoms with van der Waals surface area (Å²) in [6.07, 6.45) is 1.57. The third-order valence-electron chi connectivity index (χ3n) is 6.62. The van der Waals surface area contributed by atoms with Gasteiger partial charge in [-0.2, -0.15) is 0 Å². The molecule has 5 rings (SSSR count). The molecule has 1 saturated carbocycles. The Labute approximate surface area is 150 Å². The van der Waals surface area contributed by atoms with Gasteiger partial charge in [-0.1, -0.05) is 25.1 Å². The highest BCUT2D eigenvalue weighted by atomic mass is 16.6. The van der Waals surface area contributed by atoms with Gasteiger partial charge in [-0.05, 0) is 42.2 Å². The number of phenols is 1. The van der Waals surface area contributed by atoms with E-state index in [0.717, 1.165) is 18.4 Å². The molecule has 1 N–H and O–H groups in total. The molecule has 1 aliphatic heterocycles. The van der Waals surface area contributed by atoms with Gasteiger partial charge < -0.3 is 10.0 Å². The predicted octanol–water partition coefficient (Wildman–Crippen LogP) is 3.03. The highest BCUT2D eigenvalue weighted by molar-refractivity contribution is 5.99. The average molecular weight is 350 g/mol. The number of hydrogen-bond donors (Lipinski definition) is 1. The molecule has 6 nitrogen and oxygen atoms in total. The minimum atomic E-state index is -0.492. The number of piperidine rings is 1. The Morgan fingerprint density at radius 3 is 2.81 bits per heavy atom. The first-order valence-corrected chi connectivity index (χ1v) is 8.80. The van der Waals surface area contributed by atoms with Crippen molar-refractivity contribution in [1.82, 2.24) is 4.90 Å². The van der Waals surface area contributed by atoms with Gasteiger partial charge in [0.15, 0.2) is 0 Å². The molecule has 4 atom stereocenters. The number of rotatable bonds is 2. The second-order valence-electron chi connectivity index (χ2n) is 7.81. The second kappa shape index (κ2) is 4.84. The lowest BCUT2D eigenvalue weighted by Gasteiger charge is -2.72. The molecule has 0 spiro atoms. The zero-order chi connectivity index (χ0) is 18.2. The molecule has 1 saturated heterocycles. The van der Waals surface area contributed by atoms with Crippen molar-refractivity contribution in [1.29, 1.82) is 0 Å². The van der Waals surface area contributed by atoms with Crippen LogP contribution in [0.25, 0.3) is 0 Å². The monoisotopic (exact) mass is 350 g/mol. The molecule has 1 unspecified atom stereocenters. The van der Waals surface area contributed by atoms with Crippen molar-refractivity contribution < 1.29 is 14.8 Å². The summed E-state index contributed by atoms with van der Waals surface area (Å²) in [7, 11) is 0. The maximum Gasteiger partial charge on any atom is 0.282 e. The number of likely N-dealkylation sites (tertiary alicyclic amines) is 1. The van der Waals surface area contributed by atoms with E-state index in [-0.39, 0.29) is 40.4 Å². The van der Waals surface area contributed by atoms with Crippen molar-refractivity contribution in [3.8, 4) is 5.75 Å². The second-order valence-corrected chi connectivity index (χ2v) is 7.81. The first-order chi connectivity index (χ1) is 12.4. The van der Waals surface area contributed by atoms with E-state index in [1.54, 1.807) is 24.3 Å². The lowest BCUT2D eigenvalue weighted by molar-refractivity contribution is -0.385. The molecule has 0 bridgehead atoms. The quantitative estimate of drug-likeness (QED) is 0.666. The van der Waals surface area contributed by atoms with Crippen LogP contribution in [0.2, 0.25) is 0 Å². The summed E-state index contributed by atoms with van der Waals surface area (Å²) in [6.45, 7) is 2.20. The summed E-state index contributed by atoms with van der Waals surface area (Å²) < 4.78 is 0. The molecule has 2 aromatic rings. The number of aromatic hydroxyl groups is 1. The van der Waals surface area contributed by atoms with Crippen molar-refractivity contribution in [2.45, 2.75) is 37.3 Å². The van der Waals surface area contributed by atoms with Gasteiger partial charge in [0.05, 0.1) is 4.92 Å². The fourth-order valence-corrected chi connectivity index (χ4v) is 5.50. The van der Waals surface area contributed by atoms with Gasteiger partial charge in [-0.15, -0.1) is 0 Å². The van der Waals surface area contributed by atoms with Gasteiger partial charge in [0, 0.05) is 29.5 Å². The summed E-state index contributed by atoms with van der Waals surface area (Å²) in [5.41, 5.74) is 2.35. The van der Waals surface area contributed by atoms with Crippen LogP contribution < -0.4 is 0 Å². The Balaban J connectivity index is 1.52. The summed E-state index contributed by atoms with van der Waals surface area (Å²) in [6, 6.07) is 11.9. The van der Waals surface area contributed by atoms with Crippen LogP contribution in [0.5, 0.6) is 5.75 Å². The number of nitro groups is 1. The smallest absolute Gasteiger partial charge is 0.282 e. The van der Waals surface area contributed by atoms with Crippen LogP contribution in [-0.4, -0.2) is 32.9 Å². The Kier molecular flexibility index (Phi) is 2.86. The molecule has 2 aromatic carbocycles. The van der Waals surface area contributed by atoms with Crippen LogP contribution in [0, 0.1) is 16.0 Å². The third-order valence-corrected chi connectivity index (χ3v) is 6.62. The minimum Gasteiger partial charge on any atom is -0.508 e. The number of nitrogens with zero attached hydrogens (tertiary/aromatic N) is 2. The van der Waals surface area contributed by atoms with Crippen LogP contribution in [0.15, 0.2) is 42.5 Å². The van der Waals surface area contributed by atoms with Crippen molar-refractivity contribution in [2.24, 2.45) is 5.92 Å². The van der Waals surface area contributed by atoms with Gasteiger partial charge >= 0.3 is 0 Å². The number of fused-ring (bicyclic) bond motifs is 2. The lowest BCUT2D eigenvalue weighted by Crippen LogP contribution is -2.80. The standard InChI is InChI=1S/C20H18N2O4/c1-20-10-17-18(20)16(8-11-6-7-12(23)9-14(11)20)21(17)19(24)13-4-2-3-5-15(13)22(25)26/h2-7,9,16-18,23H,8,10H2,1H3/t16-,17?,18-,20+/m1/s1. The SMILES string of the molecule is C[C@@]12CC3[C@H]1[C@@H](Cc1ccc(O)cc12)N3C(=O)c1ccccc1[N+](=O)[O-]. The molecule has 0 aromatic heterocycles. The van der Waals surface area contributed by atoms with E-state index < -0.39 is 4.92 Å². The number of nitro benzene ring substituents is 1. The van der Waals surface area contributed by atoms with E-state index in [1.165, 1.54) is 11.6 Å². The van der Waals surface area contributed by atoms with Crippen molar-refractivity contribution in [3.63, 3.8) is 0 Å². The number of para-hydroxylation sites is 1. The highest BCUT2D eigenvalue weighted by Crippen LogP contribution is 2.64. The molecular weight excluding hydrogens is 332 g/mol. The highest BCUT2D eigenvalue weighted by Gasteiger charge is 2.69. The van der Waals surface area contributed by atoms with Crippen LogP contribution in [0.1, 0.15) is 34.8 Å². The zero-order valence-corrected chi connectivity index (χ0v) is 14.3. The molecule has 1 amide bonds.